The van der Waals surface area contributed by atoms with Crippen molar-refractivity contribution in [2.24, 2.45) is 0 Å². The molecule has 12 aromatic carbocycles. The van der Waals surface area contributed by atoms with Gasteiger partial charge in [0.2, 0.25) is 0 Å². The lowest BCUT2D eigenvalue weighted by molar-refractivity contribution is 0.768. The van der Waals surface area contributed by atoms with Gasteiger partial charge in [-0.1, -0.05) is 231 Å². The second kappa shape index (κ2) is 17.4. The van der Waals surface area contributed by atoms with E-state index in [1.807, 2.05) is 0 Å². The normalized spacial score (nSPS) is 12.5. The molecule has 0 spiro atoms. The molecule has 1 aromatic heterocycles. The highest BCUT2D eigenvalue weighted by Crippen LogP contribution is 2.57. The zero-order valence-electron chi connectivity index (χ0n) is 40.1. The van der Waals surface area contributed by atoms with Crippen LogP contribution >= 0.6 is 0 Å². The van der Waals surface area contributed by atoms with Crippen molar-refractivity contribution in [2.45, 2.75) is 5.41 Å². The van der Waals surface area contributed by atoms with Crippen LogP contribution in [0.5, 0.6) is 0 Å². The number of aromatic nitrogens is 1. The summed E-state index contributed by atoms with van der Waals surface area (Å²) in [7, 11) is 0. The fraction of sp³-hybridized carbons (Fsp3) is 0.0141. The van der Waals surface area contributed by atoms with Crippen molar-refractivity contribution in [3.05, 3.63) is 313 Å². The third-order valence-electron chi connectivity index (χ3n) is 15.3. The number of hydrogen-bond donors (Lipinski definition) is 0. The van der Waals surface area contributed by atoms with Crippen LogP contribution in [0.3, 0.4) is 0 Å². The molecule has 0 atom stereocenters. The summed E-state index contributed by atoms with van der Waals surface area (Å²) >= 11 is 0. The molecule has 2 nitrogen and oxygen atoms in total. The Kier molecular flexibility index (Phi) is 10.1. The molecule has 0 amide bonds. The van der Waals surface area contributed by atoms with Crippen molar-refractivity contribution in [3.8, 4) is 50.2 Å². The standard InChI is InChI=1S/C71H48N2/c1-4-24-54(25-5-1)71(55-26-6-2-7-27-55)66-35-15-12-32-62(66)63-45-43-58(48-67(63)71)72(57-41-38-50(39-42-57)60-34-19-21-49-20-10-11-30-59(49)60)68-36-16-13-31-61(68)53-23-18-22-51(46-53)52-40-44-65-64-33-14-17-37-69(64)73(70(65)47-52)56-28-8-3-9-29-56/h1-48H. The number of benzene rings is 12. The van der Waals surface area contributed by atoms with Gasteiger partial charge in [-0.15, -0.1) is 0 Å². The van der Waals surface area contributed by atoms with Crippen molar-refractivity contribution < 1.29 is 0 Å². The first-order chi connectivity index (χ1) is 36.2. The smallest absolute Gasteiger partial charge is 0.0714 e. The van der Waals surface area contributed by atoms with Gasteiger partial charge >= 0.3 is 0 Å². The van der Waals surface area contributed by atoms with E-state index in [-0.39, 0.29) is 0 Å². The fourth-order valence-corrected chi connectivity index (χ4v) is 12.1. The van der Waals surface area contributed by atoms with E-state index in [1.165, 1.54) is 82.6 Å². The molecule has 14 rings (SSSR count). The molecular formula is C71H48N2. The van der Waals surface area contributed by atoms with Crippen LogP contribution < -0.4 is 4.90 Å². The molecule has 0 fully saturated rings. The summed E-state index contributed by atoms with van der Waals surface area (Å²) in [6.45, 7) is 0. The second-order valence-corrected chi connectivity index (χ2v) is 19.2. The van der Waals surface area contributed by atoms with Gasteiger partial charge in [0.25, 0.3) is 0 Å². The van der Waals surface area contributed by atoms with Crippen LogP contribution in [0.15, 0.2) is 291 Å². The minimum atomic E-state index is -0.546. The average Bonchev–Trinajstić information content (AvgIpc) is 3.97. The van der Waals surface area contributed by atoms with Gasteiger partial charge in [-0.25, -0.2) is 0 Å². The lowest BCUT2D eigenvalue weighted by Gasteiger charge is -2.35. The lowest BCUT2D eigenvalue weighted by Crippen LogP contribution is -2.28. The Morgan fingerprint density at radius 1 is 0.288 bits per heavy atom. The van der Waals surface area contributed by atoms with Gasteiger partial charge in [0.05, 0.1) is 22.1 Å². The van der Waals surface area contributed by atoms with Crippen LogP contribution in [0.2, 0.25) is 0 Å². The van der Waals surface area contributed by atoms with Crippen LogP contribution in [-0.2, 0) is 5.41 Å². The fourth-order valence-electron chi connectivity index (χ4n) is 12.1. The van der Waals surface area contributed by atoms with E-state index in [9.17, 15) is 0 Å². The Morgan fingerprint density at radius 3 is 1.63 bits per heavy atom. The lowest BCUT2D eigenvalue weighted by atomic mass is 9.67. The summed E-state index contributed by atoms with van der Waals surface area (Å²) in [5, 5.41) is 4.98. The molecule has 0 saturated heterocycles. The van der Waals surface area contributed by atoms with Crippen molar-refractivity contribution in [1.82, 2.24) is 4.57 Å². The molecule has 1 aliphatic rings. The molecule has 0 unspecified atom stereocenters. The topological polar surface area (TPSA) is 8.17 Å². The van der Waals surface area contributed by atoms with Crippen LogP contribution in [0.4, 0.5) is 17.1 Å². The largest absolute Gasteiger partial charge is 0.310 e. The SMILES string of the molecule is c1ccc(-n2c3ccccc3c3ccc(-c4cccc(-c5ccccc5N(c5ccc(-c6cccc7ccccc67)cc5)c5ccc6c(c5)C(c5ccccc5)(c5ccccc5)c5ccccc5-6)c4)cc32)cc1. The van der Waals surface area contributed by atoms with E-state index < -0.39 is 5.41 Å². The number of hydrogen-bond acceptors (Lipinski definition) is 1. The van der Waals surface area contributed by atoms with E-state index in [0.717, 1.165) is 39.4 Å². The Labute approximate surface area is 426 Å². The van der Waals surface area contributed by atoms with Crippen molar-refractivity contribution in [3.63, 3.8) is 0 Å². The Balaban J connectivity index is 0.959. The third kappa shape index (κ3) is 6.87. The molecule has 73 heavy (non-hydrogen) atoms. The van der Waals surface area contributed by atoms with Gasteiger partial charge in [0, 0.05) is 33.4 Å². The quantitative estimate of drug-likeness (QED) is 0.140. The van der Waals surface area contributed by atoms with Gasteiger partial charge in [0.15, 0.2) is 0 Å². The summed E-state index contributed by atoms with van der Waals surface area (Å²) in [5.74, 6) is 0. The van der Waals surface area contributed by atoms with Gasteiger partial charge in [-0.05, 0) is 133 Å². The number of nitrogens with zero attached hydrogens (tertiary/aromatic N) is 2. The summed E-state index contributed by atoms with van der Waals surface area (Å²) < 4.78 is 2.40. The van der Waals surface area contributed by atoms with E-state index in [2.05, 4.69) is 301 Å². The molecule has 342 valence electrons. The van der Waals surface area contributed by atoms with Crippen molar-refractivity contribution in [2.75, 3.05) is 4.90 Å². The zero-order chi connectivity index (χ0) is 48.3. The Morgan fingerprint density at radius 2 is 0.836 bits per heavy atom. The minimum absolute atomic E-state index is 0.546. The molecule has 1 heterocycles. The van der Waals surface area contributed by atoms with Gasteiger partial charge in [-0.3, -0.25) is 0 Å². The first-order valence-electron chi connectivity index (χ1n) is 25.2. The van der Waals surface area contributed by atoms with Gasteiger partial charge < -0.3 is 9.47 Å². The van der Waals surface area contributed by atoms with Crippen LogP contribution in [0.25, 0.3) is 82.8 Å². The summed E-state index contributed by atoms with van der Waals surface area (Å²) in [6, 6.07) is 107. The van der Waals surface area contributed by atoms with Gasteiger partial charge in [0.1, 0.15) is 0 Å². The van der Waals surface area contributed by atoms with Crippen molar-refractivity contribution >= 4 is 49.6 Å². The van der Waals surface area contributed by atoms with E-state index in [4.69, 9.17) is 0 Å². The maximum atomic E-state index is 2.48. The summed E-state index contributed by atoms with van der Waals surface area (Å²) in [5.41, 5.74) is 20.9. The molecule has 1 aliphatic carbocycles. The van der Waals surface area contributed by atoms with Crippen LogP contribution in [-0.4, -0.2) is 4.57 Å². The van der Waals surface area contributed by atoms with Crippen LogP contribution in [0, 0.1) is 0 Å². The Hall–Kier alpha value is -9.50. The van der Waals surface area contributed by atoms with E-state index in [1.54, 1.807) is 0 Å². The molecule has 0 aliphatic heterocycles. The number of fused-ring (bicyclic) bond motifs is 7. The van der Waals surface area contributed by atoms with Gasteiger partial charge in [-0.2, -0.15) is 0 Å². The highest BCUT2D eigenvalue weighted by molar-refractivity contribution is 6.10. The molecule has 0 saturated carbocycles. The summed E-state index contributed by atoms with van der Waals surface area (Å²) in [4.78, 5) is 2.48. The summed E-state index contributed by atoms with van der Waals surface area (Å²) in [6.07, 6.45) is 0. The monoisotopic (exact) mass is 928 g/mol. The molecule has 0 N–H and O–H groups in total. The Bertz CT molecular complexity index is 4140. The predicted molar refractivity (Wildman–Crippen MR) is 307 cm³/mol. The molecule has 13 aromatic rings. The first kappa shape index (κ1) is 42.4. The first-order valence-corrected chi connectivity index (χ1v) is 25.2. The number of para-hydroxylation sites is 3. The second-order valence-electron chi connectivity index (χ2n) is 19.2. The van der Waals surface area contributed by atoms with E-state index in [0.29, 0.717) is 0 Å². The highest BCUT2D eigenvalue weighted by atomic mass is 15.1. The number of rotatable bonds is 9. The average molecular weight is 929 g/mol. The third-order valence-corrected chi connectivity index (χ3v) is 15.3. The highest BCUT2D eigenvalue weighted by Gasteiger charge is 2.46. The minimum Gasteiger partial charge on any atom is -0.310 e. The molecular weight excluding hydrogens is 881 g/mol. The molecule has 0 bridgehead atoms. The van der Waals surface area contributed by atoms with Crippen molar-refractivity contribution in [1.29, 1.82) is 0 Å². The van der Waals surface area contributed by atoms with Crippen LogP contribution in [0.1, 0.15) is 22.3 Å². The molecule has 0 radical (unpaired) electrons. The zero-order valence-corrected chi connectivity index (χ0v) is 40.1. The maximum absolute atomic E-state index is 2.48. The predicted octanol–water partition coefficient (Wildman–Crippen LogP) is 18.8. The van der Waals surface area contributed by atoms with E-state index >= 15 is 0 Å². The number of anilines is 3. The molecule has 2 heteroatoms. The maximum Gasteiger partial charge on any atom is 0.0714 e.